The van der Waals surface area contributed by atoms with Crippen molar-refractivity contribution in [3.8, 4) is 0 Å². The van der Waals surface area contributed by atoms with E-state index in [1.807, 2.05) is 13.8 Å². The Labute approximate surface area is 74.0 Å². The number of hydrogen-bond acceptors (Lipinski definition) is 4. The van der Waals surface area contributed by atoms with E-state index in [0.29, 0.717) is 19.8 Å². The molecule has 0 bridgehead atoms. The Balaban J connectivity index is 3.48. The highest BCUT2D eigenvalue weighted by Crippen LogP contribution is 1.96. The van der Waals surface area contributed by atoms with E-state index in [1.165, 1.54) is 0 Å². The third-order valence-corrected chi connectivity index (χ3v) is 1.20. The summed E-state index contributed by atoms with van der Waals surface area (Å²) in [4.78, 5) is 0. The van der Waals surface area contributed by atoms with Crippen molar-refractivity contribution in [3.05, 3.63) is 0 Å². The fourth-order valence-electron chi connectivity index (χ4n) is 0.746. The van der Waals surface area contributed by atoms with Crippen LogP contribution in [0.1, 0.15) is 20.8 Å². The SMILES string of the molecule is CCOC(COC(C)N)OCC. The Morgan fingerprint density at radius 2 is 1.58 bits per heavy atom. The minimum atomic E-state index is -0.286. The van der Waals surface area contributed by atoms with Crippen LogP contribution < -0.4 is 5.73 Å². The van der Waals surface area contributed by atoms with Crippen LogP contribution in [0.2, 0.25) is 0 Å². The lowest BCUT2D eigenvalue weighted by Crippen LogP contribution is -2.29. The van der Waals surface area contributed by atoms with Crippen LogP contribution in [0.4, 0.5) is 0 Å². The van der Waals surface area contributed by atoms with Crippen LogP contribution in [-0.4, -0.2) is 32.3 Å². The second kappa shape index (κ2) is 7.49. The van der Waals surface area contributed by atoms with Crippen molar-refractivity contribution in [1.82, 2.24) is 0 Å². The van der Waals surface area contributed by atoms with Gasteiger partial charge in [0.05, 0.1) is 6.61 Å². The molecule has 0 aromatic rings. The Morgan fingerprint density at radius 3 is 1.92 bits per heavy atom. The summed E-state index contributed by atoms with van der Waals surface area (Å²) in [6, 6.07) is 0. The van der Waals surface area contributed by atoms with Gasteiger partial charge in [0.25, 0.3) is 0 Å². The molecule has 0 saturated carbocycles. The summed E-state index contributed by atoms with van der Waals surface area (Å²) in [6.45, 7) is 7.23. The smallest absolute Gasteiger partial charge is 0.180 e. The van der Waals surface area contributed by atoms with E-state index in [1.54, 1.807) is 6.92 Å². The average molecular weight is 177 g/mol. The number of rotatable bonds is 7. The van der Waals surface area contributed by atoms with Gasteiger partial charge in [0, 0.05) is 13.2 Å². The molecule has 0 aromatic carbocycles. The fraction of sp³-hybridized carbons (Fsp3) is 1.00. The van der Waals surface area contributed by atoms with Crippen molar-refractivity contribution in [3.63, 3.8) is 0 Å². The van der Waals surface area contributed by atoms with Gasteiger partial charge < -0.3 is 19.9 Å². The number of hydrogen-bond donors (Lipinski definition) is 1. The Kier molecular flexibility index (Phi) is 7.39. The van der Waals surface area contributed by atoms with Crippen molar-refractivity contribution in [2.24, 2.45) is 5.73 Å². The normalized spacial score (nSPS) is 13.8. The summed E-state index contributed by atoms with van der Waals surface area (Å²) in [6.07, 6.45) is -0.556. The fourth-order valence-corrected chi connectivity index (χ4v) is 0.746. The van der Waals surface area contributed by atoms with Crippen molar-refractivity contribution < 1.29 is 14.2 Å². The maximum atomic E-state index is 5.40. The lowest BCUT2D eigenvalue weighted by molar-refractivity contribution is -0.174. The maximum Gasteiger partial charge on any atom is 0.180 e. The molecular weight excluding hydrogens is 158 g/mol. The molecule has 0 heterocycles. The van der Waals surface area contributed by atoms with Gasteiger partial charge in [-0.3, -0.25) is 0 Å². The van der Waals surface area contributed by atoms with Gasteiger partial charge in [-0.05, 0) is 20.8 Å². The molecule has 0 saturated heterocycles. The first-order chi connectivity index (χ1) is 5.70. The van der Waals surface area contributed by atoms with Gasteiger partial charge in [-0.15, -0.1) is 0 Å². The highest BCUT2D eigenvalue weighted by atomic mass is 16.7. The summed E-state index contributed by atoms with van der Waals surface area (Å²) in [5.74, 6) is 0. The summed E-state index contributed by atoms with van der Waals surface area (Å²) in [7, 11) is 0. The molecule has 0 fully saturated rings. The Bertz CT molecular complexity index is 92.3. The van der Waals surface area contributed by atoms with Crippen LogP contribution in [0.5, 0.6) is 0 Å². The zero-order chi connectivity index (χ0) is 9.40. The zero-order valence-corrected chi connectivity index (χ0v) is 8.08. The van der Waals surface area contributed by atoms with E-state index in [-0.39, 0.29) is 12.5 Å². The standard InChI is InChI=1S/C8H19NO3/c1-4-10-8(11-5-2)6-12-7(3)9/h7-8H,4-6,9H2,1-3H3. The lowest BCUT2D eigenvalue weighted by Gasteiger charge is -2.17. The number of nitrogens with two attached hydrogens (primary N) is 1. The van der Waals surface area contributed by atoms with Crippen molar-refractivity contribution >= 4 is 0 Å². The Hall–Kier alpha value is -0.160. The third-order valence-electron chi connectivity index (χ3n) is 1.20. The van der Waals surface area contributed by atoms with E-state index in [9.17, 15) is 0 Å². The van der Waals surface area contributed by atoms with Crippen molar-refractivity contribution in [2.45, 2.75) is 33.3 Å². The summed E-state index contributed by atoms with van der Waals surface area (Å²) in [5.41, 5.74) is 5.40. The summed E-state index contributed by atoms with van der Waals surface area (Å²) >= 11 is 0. The maximum absolute atomic E-state index is 5.40. The van der Waals surface area contributed by atoms with Gasteiger partial charge >= 0.3 is 0 Å². The van der Waals surface area contributed by atoms with E-state index >= 15 is 0 Å². The van der Waals surface area contributed by atoms with Gasteiger partial charge in [0.2, 0.25) is 0 Å². The molecule has 0 radical (unpaired) electrons. The van der Waals surface area contributed by atoms with Gasteiger partial charge in [0.1, 0.15) is 6.23 Å². The lowest BCUT2D eigenvalue weighted by atomic mass is 10.6. The molecule has 12 heavy (non-hydrogen) atoms. The topological polar surface area (TPSA) is 53.7 Å². The monoisotopic (exact) mass is 177 g/mol. The third kappa shape index (κ3) is 6.54. The highest BCUT2D eigenvalue weighted by molar-refractivity contribution is 4.43. The van der Waals surface area contributed by atoms with Crippen molar-refractivity contribution in [2.75, 3.05) is 19.8 Å². The molecule has 0 rings (SSSR count). The molecule has 2 N–H and O–H groups in total. The minimum absolute atomic E-state index is 0.270. The average Bonchev–Trinajstić information content (AvgIpc) is 2.01. The van der Waals surface area contributed by atoms with Gasteiger partial charge in [-0.1, -0.05) is 0 Å². The van der Waals surface area contributed by atoms with Gasteiger partial charge in [0.15, 0.2) is 6.29 Å². The van der Waals surface area contributed by atoms with E-state index in [4.69, 9.17) is 19.9 Å². The molecule has 74 valence electrons. The first-order valence-corrected chi connectivity index (χ1v) is 4.31. The molecule has 0 spiro atoms. The first-order valence-electron chi connectivity index (χ1n) is 4.31. The van der Waals surface area contributed by atoms with Crippen LogP contribution in [0.3, 0.4) is 0 Å². The van der Waals surface area contributed by atoms with E-state index in [2.05, 4.69) is 0 Å². The van der Waals surface area contributed by atoms with Crippen LogP contribution in [-0.2, 0) is 14.2 Å². The molecule has 0 aliphatic heterocycles. The van der Waals surface area contributed by atoms with Crippen LogP contribution >= 0.6 is 0 Å². The molecular formula is C8H19NO3. The second-order valence-corrected chi connectivity index (χ2v) is 2.38. The molecule has 1 unspecified atom stereocenters. The highest BCUT2D eigenvalue weighted by Gasteiger charge is 2.08. The molecule has 0 amide bonds. The summed E-state index contributed by atoms with van der Waals surface area (Å²) in [5, 5.41) is 0. The van der Waals surface area contributed by atoms with Crippen LogP contribution in [0.15, 0.2) is 0 Å². The predicted octanol–water partition coefficient (Wildman–Crippen LogP) is 0.707. The quantitative estimate of drug-likeness (QED) is 0.582. The van der Waals surface area contributed by atoms with Crippen LogP contribution in [0, 0.1) is 0 Å². The zero-order valence-electron chi connectivity index (χ0n) is 8.08. The van der Waals surface area contributed by atoms with Gasteiger partial charge in [-0.2, -0.15) is 0 Å². The van der Waals surface area contributed by atoms with Gasteiger partial charge in [-0.25, -0.2) is 0 Å². The minimum Gasteiger partial charge on any atom is -0.359 e. The van der Waals surface area contributed by atoms with E-state index in [0.717, 1.165) is 0 Å². The molecule has 4 nitrogen and oxygen atoms in total. The Morgan fingerprint density at radius 1 is 1.08 bits per heavy atom. The predicted molar refractivity (Wildman–Crippen MR) is 46.6 cm³/mol. The largest absolute Gasteiger partial charge is 0.359 e. The molecule has 4 heteroatoms. The van der Waals surface area contributed by atoms with Crippen molar-refractivity contribution in [1.29, 1.82) is 0 Å². The molecule has 0 aliphatic carbocycles. The second-order valence-electron chi connectivity index (χ2n) is 2.38. The number of ether oxygens (including phenoxy) is 3. The van der Waals surface area contributed by atoms with Crippen LogP contribution in [0.25, 0.3) is 0 Å². The molecule has 1 atom stereocenters. The summed E-state index contributed by atoms with van der Waals surface area (Å²) < 4.78 is 15.6. The first kappa shape index (κ1) is 11.8. The molecule has 0 aliphatic rings. The molecule has 0 aromatic heterocycles. The van der Waals surface area contributed by atoms with E-state index < -0.39 is 0 Å².